The highest BCUT2D eigenvalue weighted by Crippen LogP contribution is 2.36. The third-order valence-corrected chi connectivity index (χ3v) is 4.63. The molecule has 0 radical (unpaired) electrons. The van der Waals surface area contributed by atoms with E-state index in [0.29, 0.717) is 26.7 Å². The van der Waals surface area contributed by atoms with Crippen molar-refractivity contribution >= 4 is 49.4 Å². The lowest BCUT2D eigenvalue weighted by Crippen LogP contribution is -2.09. The van der Waals surface area contributed by atoms with Crippen molar-refractivity contribution < 1.29 is 23.8 Å². The number of ether oxygens (including phenoxy) is 1. The van der Waals surface area contributed by atoms with Crippen molar-refractivity contribution in [3.8, 4) is 5.75 Å². The molecule has 0 saturated carbocycles. The summed E-state index contributed by atoms with van der Waals surface area (Å²) in [5.41, 5.74) is 1.23. The van der Waals surface area contributed by atoms with Gasteiger partial charge in [0.2, 0.25) is 5.91 Å². The molecular weight excluding hydrogens is 473 g/mol. The number of halogens is 3. The molecule has 26 heavy (non-hydrogen) atoms. The van der Waals surface area contributed by atoms with Crippen LogP contribution in [0.25, 0.3) is 0 Å². The van der Waals surface area contributed by atoms with Gasteiger partial charge in [-0.1, -0.05) is 12.1 Å². The van der Waals surface area contributed by atoms with Crippen LogP contribution >= 0.6 is 31.9 Å². The quantitative estimate of drug-likeness (QED) is 0.580. The molecule has 0 saturated heterocycles. The summed E-state index contributed by atoms with van der Waals surface area (Å²) in [6.07, 6.45) is 0.417. The molecule has 0 aliphatic rings. The average molecular weight is 489 g/mol. The number of carbonyl (C=O) groups is 2. The molecule has 0 spiro atoms. The van der Waals surface area contributed by atoms with Crippen LogP contribution in [0.2, 0.25) is 0 Å². The predicted octanol–water partition coefficient (Wildman–Crippen LogP) is 4.91. The van der Waals surface area contributed by atoms with E-state index < -0.39 is 11.8 Å². The van der Waals surface area contributed by atoms with Gasteiger partial charge in [-0.2, -0.15) is 0 Å². The Morgan fingerprint density at radius 2 is 1.88 bits per heavy atom. The monoisotopic (exact) mass is 487 g/mol. The summed E-state index contributed by atoms with van der Waals surface area (Å²) >= 11 is 6.78. The minimum absolute atomic E-state index is 0.0280. The van der Waals surface area contributed by atoms with Crippen molar-refractivity contribution in [3.05, 3.63) is 56.2 Å². The Labute approximate surface area is 166 Å². The number of nitrogens with one attached hydrogen (secondary N) is 1. The van der Waals surface area contributed by atoms with Crippen molar-refractivity contribution in [1.82, 2.24) is 0 Å². The van der Waals surface area contributed by atoms with Gasteiger partial charge in [-0.15, -0.1) is 0 Å². The van der Waals surface area contributed by atoms with Gasteiger partial charge < -0.3 is 15.2 Å². The molecule has 2 aromatic carbocycles. The molecule has 0 bridgehead atoms. The SMILES string of the molecule is CC(=O)Nc1cccc(COc2c(Br)cc(CCC(=O)O)cc2Br)c1F. The molecule has 2 N–H and O–H groups in total. The van der Waals surface area contributed by atoms with Gasteiger partial charge in [0.1, 0.15) is 12.4 Å². The number of hydrogen-bond donors (Lipinski definition) is 2. The van der Waals surface area contributed by atoms with Gasteiger partial charge in [0, 0.05) is 18.9 Å². The zero-order chi connectivity index (χ0) is 19.3. The zero-order valence-corrected chi connectivity index (χ0v) is 17.0. The van der Waals surface area contributed by atoms with Gasteiger partial charge in [0.25, 0.3) is 0 Å². The first-order chi connectivity index (χ1) is 12.3. The fraction of sp³-hybridized carbons (Fsp3) is 0.222. The van der Waals surface area contributed by atoms with E-state index in [0.717, 1.165) is 5.56 Å². The van der Waals surface area contributed by atoms with Gasteiger partial charge >= 0.3 is 5.97 Å². The molecule has 0 aliphatic carbocycles. The first-order valence-corrected chi connectivity index (χ1v) is 9.24. The maximum absolute atomic E-state index is 14.4. The lowest BCUT2D eigenvalue weighted by molar-refractivity contribution is -0.137. The Bertz CT molecular complexity index is 819. The third kappa shape index (κ3) is 5.54. The number of hydrogen-bond acceptors (Lipinski definition) is 3. The van der Waals surface area contributed by atoms with Crippen LogP contribution in [-0.2, 0) is 22.6 Å². The van der Waals surface area contributed by atoms with Crippen molar-refractivity contribution in [3.63, 3.8) is 0 Å². The number of benzene rings is 2. The van der Waals surface area contributed by atoms with Crippen LogP contribution in [0.4, 0.5) is 10.1 Å². The minimum Gasteiger partial charge on any atom is -0.486 e. The molecule has 138 valence electrons. The number of anilines is 1. The second-order valence-corrected chi connectivity index (χ2v) is 7.24. The van der Waals surface area contributed by atoms with Crippen molar-refractivity contribution in [1.29, 1.82) is 0 Å². The van der Waals surface area contributed by atoms with E-state index in [1.165, 1.54) is 13.0 Å². The van der Waals surface area contributed by atoms with Crippen LogP contribution in [0, 0.1) is 5.82 Å². The average Bonchev–Trinajstić information content (AvgIpc) is 2.55. The number of carboxylic acid groups (broad SMARTS) is 1. The lowest BCUT2D eigenvalue weighted by Gasteiger charge is -2.14. The normalized spacial score (nSPS) is 10.5. The molecule has 0 atom stereocenters. The topological polar surface area (TPSA) is 75.6 Å². The minimum atomic E-state index is -0.868. The van der Waals surface area contributed by atoms with Gasteiger partial charge in [-0.25, -0.2) is 4.39 Å². The molecular formula is C18H16Br2FNO4. The molecule has 2 aromatic rings. The predicted molar refractivity (Wildman–Crippen MR) is 103 cm³/mol. The maximum Gasteiger partial charge on any atom is 0.303 e. The Balaban J connectivity index is 2.15. The van der Waals surface area contributed by atoms with Gasteiger partial charge in [0.15, 0.2) is 5.82 Å². The molecule has 0 aromatic heterocycles. The van der Waals surface area contributed by atoms with Crippen LogP contribution in [-0.4, -0.2) is 17.0 Å². The maximum atomic E-state index is 14.4. The second kappa shape index (κ2) is 9.14. The van der Waals surface area contributed by atoms with Crippen LogP contribution < -0.4 is 10.1 Å². The van der Waals surface area contributed by atoms with E-state index in [1.54, 1.807) is 24.3 Å². The van der Waals surface area contributed by atoms with E-state index in [9.17, 15) is 14.0 Å². The Hall–Kier alpha value is -1.93. The fourth-order valence-corrected chi connectivity index (χ4v) is 3.78. The van der Waals surface area contributed by atoms with Crippen LogP contribution in [0.15, 0.2) is 39.3 Å². The second-order valence-electron chi connectivity index (χ2n) is 5.53. The number of aliphatic carboxylic acids is 1. The highest BCUT2D eigenvalue weighted by Gasteiger charge is 2.13. The van der Waals surface area contributed by atoms with Gasteiger partial charge in [-0.3, -0.25) is 9.59 Å². The smallest absolute Gasteiger partial charge is 0.303 e. The number of carboxylic acids is 1. The summed E-state index contributed by atoms with van der Waals surface area (Å²) in [5, 5.41) is 11.2. The number of amides is 1. The van der Waals surface area contributed by atoms with E-state index in [4.69, 9.17) is 9.84 Å². The fourth-order valence-electron chi connectivity index (χ4n) is 2.27. The summed E-state index contributed by atoms with van der Waals surface area (Å²) in [6.45, 7) is 1.27. The van der Waals surface area contributed by atoms with E-state index in [2.05, 4.69) is 37.2 Å². The van der Waals surface area contributed by atoms with Crippen molar-refractivity contribution in [2.75, 3.05) is 5.32 Å². The highest BCUT2D eigenvalue weighted by molar-refractivity contribution is 9.11. The molecule has 0 fully saturated rings. The standard InChI is InChI=1S/C18H16Br2FNO4/c1-10(23)22-15-4-2-3-12(17(15)21)9-26-18-13(19)7-11(8-14(18)20)5-6-16(24)25/h2-4,7-8H,5-6,9H2,1H3,(H,22,23)(H,24,25). The number of carbonyl (C=O) groups excluding carboxylic acids is 1. The van der Waals surface area contributed by atoms with E-state index in [-0.39, 0.29) is 24.6 Å². The Kier molecular flexibility index (Phi) is 7.16. The van der Waals surface area contributed by atoms with Crippen LogP contribution in [0.1, 0.15) is 24.5 Å². The van der Waals surface area contributed by atoms with E-state index in [1.807, 2.05) is 0 Å². The summed E-state index contributed by atoms with van der Waals surface area (Å²) in [6, 6.07) is 8.22. The van der Waals surface area contributed by atoms with Crippen molar-refractivity contribution in [2.45, 2.75) is 26.4 Å². The first kappa shape index (κ1) is 20.4. The molecule has 0 aliphatic heterocycles. The summed E-state index contributed by atoms with van der Waals surface area (Å²) in [5.74, 6) is -1.29. The molecule has 0 unspecified atom stereocenters. The molecule has 8 heteroatoms. The highest BCUT2D eigenvalue weighted by atomic mass is 79.9. The Morgan fingerprint density at radius 3 is 2.46 bits per heavy atom. The number of aryl methyl sites for hydroxylation is 1. The lowest BCUT2D eigenvalue weighted by atomic mass is 10.1. The molecule has 0 heterocycles. The van der Waals surface area contributed by atoms with Crippen molar-refractivity contribution in [2.24, 2.45) is 0 Å². The summed E-state index contributed by atoms with van der Waals surface area (Å²) in [4.78, 5) is 21.8. The molecule has 2 rings (SSSR count). The summed E-state index contributed by atoms with van der Waals surface area (Å²) < 4.78 is 21.4. The molecule has 5 nitrogen and oxygen atoms in total. The van der Waals surface area contributed by atoms with E-state index >= 15 is 0 Å². The zero-order valence-electron chi connectivity index (χ0n) is 13.8. The molecule has 1 amide bonds. The van der Waals surface area contributed by atoms with Gasteiger partial charge in [0.05, 0.1) is 14.6 Å². The summed E-state index contributed by atoms with van der Waals surface area (Å²) in [7, 11) is 0. The van der Waals surface area contributed by atoms with Crippen LogP contribution in [0.3, 0.4) is 0 Å². The van der Waals surface area contributed by atoms with Crippen LogP contribution in [0.5, 0.6) is 5.75 Å². The third-order valence-electron chi connectivity index (χ3n) is 3.45. The largest absolute Gasteiger partial charge is 0.486 e. The van der Waals surface area contributed by atoms with Gasteiger partial charge in [-0.05, 0) is 62.0 Å². The number of rotatable bonds is 7. The first-order valence-electron chi connectivity index (χ1n) is 7.65. The Morgan fingerprint density at radius 1 is 1.23 bits per heavy atom.